The summed E-state index contributed by atoms with van der Waals surface area (Å²) in [5.41, 5.74) is 3.77. The van der Waals surface area contributed by atoms with Gasteiger partial charge in [-0.1, -0.05) is 89.8 Å². The Morgan fingerprint density at radius 3 is 2.25 bits per heavy atom. The Bertz CT molecular complexity index is 1540. The monoisotopic (exact) mass is 682 g/mol. The highest BCUT2D eigenvalue weighted by molar-refractivity contribution is 9.10. The van der Waals surface area contributed by atoms with Crippen molar-refractivity contribution in [2.75, 3.05) is 24.9 Å². The fourth-order valence-electron chi connectivity index (χ4n) is 5.62. The third kappa shape index (κ3) is 8.70. The number of anilines is 1. The van der Waals surface area contributed by atoms with E-state index >= 15 is 0 Å². The van der Waals surface area contributed by atoms with Gasteiger partial charge in [-0.25, -0.2) is 4.31 Å². The number of nitrogens with zero attached hydrogens (tertiary/aromatic N) is 3. The van der Waals surface area contributed by atoms with Crippen LogP contribution in [-0.4, -0.2) is 62.2 Å². The molecule has 1 fully saturated rings. The van der Waals surface area contributed by atoms with Gasteiger partial charge in [0.1, 0.15) is 12.6 Å². The van der Waals surface area contributed by atoms with Gasteiger partial charge in [0.15, 0.2) is 0 Å². The molecule has 3 aromatic carbocycles. The molecular formula is C34H43BrN4O4S. The first-order valence-corrected chi connectivity index (χ1v) is 17.3. The van der Waals surface area contributed by atoms with Crippen LogP contribution in [-0.2, 0) is 32.8 Å². The molecule has 0 aliphatic heterocycles. The van der Waals surface area contributed by atoms with E-state index in [2.05, 4.69) is 21.2 Å². The van der Waals surface area contributed by atoms with E-state index in [1.54, 1.807) is 11.0 Å². The fraction of sp³-hybridized carbons (Fsp3) is 0.412. The zero-order valence-corrected chi connectivity index (χ0v) is 28.4. The van der Waals surface area contributed by atoms with E-state index in [0.29, 0.717) is 12.1 Å². The zero-order chi connectivity index (χ0) is 31.9. The molecule has 44 heavy (non-hydrogen) atoms. The summed E-state index contributed by atoms with van der Waals surface area (Å²) in [4.78, 5) is 30.2. The minimum Gasteiger partial charge on any atom is -0.352 e. The van der Waals surface area contributed by atoms with Gasteiger partial charge in [-0.2, -0.15) is 12.7 Å². The van der Waals surface area contributed by atoms with Crippen LogP contribution in [0.4, 0.5) is 5.69 Å². The van der Waals surface area contributed by atoms with Crippen molar-refractivity contribution >= 4 is 43.6 Å². The van der Waals surface area contributed by atoms with Gasteiger partial charge in [0.05, 0.1) is 5.69 Å². The van der Waals surface area contributed by atoms with Crippen molar-refractivity contribution in [3.63, 3.8) is 0 Å². The van der Waals surface area contributed by atoms with Crippen LogP contribution >= 0.6 is 15.9 Å². The molecule has 1 aliphatic rings. The number of carbonyl (C=O) groups is 2. The quantitative estimate of drug-likeness (QED) is 0.263. The number of benzene rings is 3. The summed E-state index contributed by atoms with van der Waals surface area (Å²) in [5.74, 6) is -0.686. The highest BCUT2D eigenvalue weighted by Gasteiger charge is 2.36. The van der Waals surface area contributed by atoms with E-state index in [0.717, 1.165) is 67.4 Å². The average molecular weight is 684 g/mol. The predicted octanol–water partition coefficient (Wildman–Crippen LogP) is 5.77. The number of hydrogen-bond donors (Lipinski definition) is 1. The molecule has 4 rings (SSSR count). The Morgan fingerprint density at radius 1 is 0.909 bits per heavy atom. The lowest BCUT2D eigenvalue weighted by Gasteiger charge is -2.36. The van der Waals surface area contributed by atoms with Crippen molar-refractivity contribution in [2.24, 2.45) is 0 Å². The third-order valence-corrected chi connectivity index (χ3v) is 10.4. The number of rotatable bonds is 12. The summed E-state index contributed by atoms with van der Waals surface area (Å²) in [5, 5.41) is 3.24. The second kappa shape index (κ2) is 15.2. The average Bonchev–Trinajstić information content (AvgIpc) is 2.99. The second-order valence-electron chi connectivity index (χ2n) is 11.8. The van der Waals surface area contributed by atoms with Crippen molar-refractivity contribution in [2.45, 2.75) is 71.0 Å². The van der Waals surface area contributed by atoms with E-state index in [1.165, 1.54) is 14.1 Å². The number of halogens is 1. The molecule has 0 spiro atoms. The van der Waals surface area contributed by atoms with Crippen LogP contribution in [0.1, 0.15) is 54.4 Å². The van der Waals surface area contributed by atoms with Crippen LogP contribution in [0.5, 0.6) is 0 Å². The number of hydrogen-bond acceptors (Lipinski definition) is 4. The summed E-state index contributed by atoms with van der Waals surface area (Å²) < 4.78 is 30.5. The molecule has 236 valence electrons. The lowest BCUT2D eigenvalue weighted by atomic mass is 9.94. The van der Waals surface area contributed by atoms with Gasteiger partial charge in [-0.3, -0.25) is 9.59 Å². The zero-order valence-electron chi connectivity index (χ0n) is 26.0. The molecule has 0 radical (unpaired) electrons. The highest BCUT2D eigenvalue weighted by Crippen LogP contribution is 2.27. The Kier molecular flexibility index (Phi) is 11.6. The molecule has 1 atom stereocenters. The molecule has 10 heteroatoms. The number of aryl methyl sites for hydroxylation is 2. The first-order valence-electron chi connectivity index (χ1n) is 15.1. The smallest absolute Gasteiger partial charge is 0.304 e. The Balaban J connectivity index is 1.78. The van der Waals surface area contributed by atoms with Crippen molar-refractivity contribution < 1.29 is 18.0 Å². The molecule has 1 aliphatic carbocycles. The molecular weight excluding hydrogens is 640 g/mol. The summed E-state index contributed by atoms with van der Waals surface area (Å²) in [6.07, 6.45) is 5.38. The Morgan fingerprint density at radius 2 is 1.59 bits per heavy atom. The molecule has 1 saturated carbocycles. The van der Waals surface area contributed by atoms with Gasteiger partial charge < -0.3 is 10.2 Å². The van der Waals surface area contributed by atoms with Crippen molar-refractivity contribution in [3.8, 4) is 0 Å². The Labute approximate surface area is 270 Å². The van der Waals surface area contributed by atoms with Crippen LogP contribution in [0.15, 0.2) is 77.3 Å². The first-order chi connectivity index (χ1) is 21.0. The lowest BCUT2D eigenvalue weighted by molar-refractivity contribution is -0.140. The maximum atomic E-state index is 14.5. The molecule has 0 aromatic heterocycles. The van der Waals surface area contributed by atoms with Crippen LogP contribution in [0.3, 0.4) is 0 Å². The van der Waals surface area contributed by atoms with E-state index < -0.39 is 28.7 Å². The molecule has 2 amide bonds. The number of amides is 2. The number of nitrogens with one attached hydrogen (secondary N) is 1. The first kappa shape index (κ1) is 33.7. The normalized spacial score (nSPS) is 14.7. The minimum absolute atomic E-state index is 0.0536. The molecule has 1 N–H and O–H groups in total. The van der Waals surface area contributed by atoms with E-state index in [9.17, 15) is 18.0 Å². The molecule has 0 unspecified atom stereocenters. The van der Waals surface area contributed by atoms with Gasteiger partial charge in [0, 0.05) is 37.6 Å². The minimum atomic E-state index is -4.06. The molecule has 0 heterocycles. The second-order valence-corrected chi connectivity index (χ2v) is 14.8. The largest absolute Gasteiger partial charge is 0.352 e. The van der Waals surface area contributed by atoms with Crippen molar-refractivity contribution in [3.05, 3.63) is 99.5 Å². The van der Waals surface area contributed by atoms with Crippen LogP contribution in [0, 0.1) is 13.8 Å². The van der Waals surface area contributed by atoms with Crippen molar-refractivity contribution in [1.82, 2.24) is 14.5 Å². The fourth-order valence-corrected chi connectivity index (χ4v) is 7.18. The molecule has 3 aromatic rings. The van der Waals surface area contributed by atoms with E-state index in [1.807, 2.05) is 80.6 Å². The summed E-state index contributed by atoms with van der Waals surface area (Å²) >= 11 is 3.53. The van der Waals surface area contributed by atoms with Gasteiger partial charge in [-0.05, 0) is 67.1 Å². The van der Waals surface area contributed by atoms with Gasteiger partial charge in [0.2, 0.25) is 11.8 Å². The van der Waals surface area contributed by atoms with Gasteiger partial charge >= 0.3 is 10.2 Å². The number of carbonyl (C=O) groups excluding carboxylic acids is 2. The highest BCUT2D eigenvalue weighted by atomic mass is 79.9. The topological polar surface area (TPSA) is 90.0 Å². The van der Waals surface area contributed by atoms with Gasteiger partial charge in [-0.15, -0.1) is 0 Å². The molecule has 8 nitrogen and oxygen atoms in total. The Hall–Kier alpha value is -3.21. The maximum Gasteiger partial charge on any atom is 0.304 e. The van der Waals surface area contributed by atoms with Crippen LogP contribution < -0.4 is 9.62 Å². The van der Waals surface area contributed by atoms with Crippen LogP contribution in [0.2, 0.25) is 0 Å². The summed E-state index contributed by atoms with van der Waals surface area (Å²) in [6.45, 7) is 3.39. The van der Waals surface area contributed by atoms with Crippen LogP contribution in [0.25, 0.3) is 0 Å². The SMILES string of the molecule is Cc1ccc(C)c(N(CC(=O)N(Cc2cccc(Br)c2)[C@H](Cc2ccccc2)C(=O)NC2CCCCC2)S(=O)(=O)N(C)C)c1. The van der Waals surface area contributed by atoms with E-state index in [4.69, 9.17) is 0 Å². The molecule has 0 bridgehead atoms. The van der Waals surface area contributed by atoms with Crippen molar-refractivity contribution in [1.29, 1.82) is 0 Å². The third-order valence-electron chi connectivity index (χ3n) is 8.12. The lowest BCUT2D eigenvalue weighted by Crippen LogP contribution is -2.55. The van der Waals surface area contributed by atoms with E-state index in [-0.39, 0.29) is 18.5 Å². The summed E-state index contributed by atoms with van der Waals surface area (Å²) in [7, 11) is -1.15. The standard InChI is InChI=1S/C34H43BrN4O4S/c1-25-18-19-26(2)31(20-25)39(44(42,43)37(3)4)24-33(40)38(23-28-14-11-15-29(35)21-28)32(22-27-12-7-5-8-13-27)34(41)36-30-16-9-6-10-17-30/h5,7-8,11-15,18-21,30,32H,6,9-10,16-17,22-24H2,1-4H3,(H,36,41)/t32-/m1/s1. The maximum absolute atomic E-state index is 14.5. The summed E-state index contributed by atoms with van der Waals surface area (Å²) in [6, 6.07) is 22.0. The van der Waals surface area contributed by atoms with Gasteiger partial charge in [0.25, 0.3) is 0 Å². The predicted molar refractivity (Wildman–Crippen MR) is 180 cm³/mol. The molecule has 0 saturated heterocycles.